The van der Waals surface area contributed by atoms with Crippen molar-refractivity contribution in [3.63, 3.8) is 0 Å². The fourth-order valence-corrected chi connectivity index (χ4v) is 1.87. The zero-order chi connectivity index (χ0) is 14.5. The highest BCUT2D eigenvalue weighted by Gasteiger charge is 2.12. The van der Waals surface area contributed by atoms with Gasteiger partial charge in [0.05, 0.1) is 17.2 Å². The minimum atomic E-state index is 0.0368. The maximum Gasteiger partial charge on any atom is 0.166 e. The lowest BCUT2D eigenvalue weighted by molar-refractivity contribution is 0.0986. The fourth-order valence-electron chi connectivity index (χ4n) is 1.87. The summed E-state index contributed by atoms with van der Waals surface area (Å²) >= 11 is 0. The van der Waals surface area contributed by atoms with Crippen LogP contribution in [0.15, 0.2) is 42.5 Å². The maximum atomic E-state index is 11.9. The first-order valence-electron chi connectivity index (χ1n) is 6.46. The van der Waals surface area contributed by atoms with E-state index in [0.717, 1.165) is 5.56 Å². The number of hydrogen-bond donors (Lipinski definition) is 0. The molecule has 0 radical (unpaired) electrons. The molecule has 0 amide bonds. The van der Waals surface area contributed by atoms with Crippen molar-refractivity contribution in [1.29, 1.82) is 5.26 Å². The molecule has 0 heterocycles. The van der Waals surface area contributed by atoms with Crippen molar-refractivity contribution in [2.75, 3.05) is 0 Å². The molecule has 3 nitrogen and oxygen atoms in total. The third kappa shape index (κ3) is 2.86. The lowest BCUT2D eigenvalue weighted by Gasteiger charge is -2.12. The molecule has 0 aliphatic rings. The fraction of sp³-hybridized carbons (Fsp3) is 0.176. The van der Waals surface area contributed by atoms with Gasteiger partial charge in [0.1, 0.15) is 11.5 Å². The molecule has 0 unspecified atom stereocenters. The smallest absolute Gasteiger partial charge is 0.166 e. The molecular formula is C17H15NO2. The zero-order valence-corrected chi connectivity index (χ0v) is 11.5. The number of carbonyl (C=O) groups excluding carboxylic acids is 1. The normalized spacial score (nSPS) is 9.85. The van der Waals surface area contributed by atoms with E-state index in [9.17, 15) is 4.79 Å². The molecule has 3 heteroatoms. The SMILES string of the molecule is CCC(=O)c1ccccc1Oc1cc(C#N)ccc1C. The number of aryl methyl sites for hydroxylation is 1. The van der Waals surface area contributed by atoms with Crippen LogP contribution in [0.3, 0.4) is 0 Å². The molecule has 100 valence electrons. The average Bonchev–Trinajstić information content (AvgIpc) is 2.49. The van der Waals surface area contributed by atoms with E-state index < -0.39 is 0 Å². The maximum absolute atomic E-state index is 11.9. The zero-order valence-electron chi connectivity index (χ0n) is 11.5. The lowest BCUT2D eigenvalue weighted by atomic mass is 10.1. The van der Waals surface area contributed by atoms with Crippen LogP contribution >= 0.6 is 0 Å². The molecule has 2 rings (SSSR count). The van der Waals surface area contributed by atoms with Gasteiger partial charge >= 0.3 is 0 Å². The van der Waals surface area contributed by atoms with Gasteiger partial charge in [-0.1, -0.05) is 25.1 Å². The van der Waals surface area contributed by atoms with Crippen LogP contribution in [0.1, 0.15) is 34.8 Å². The number of hydrogen-bond acceptors (Lipinski definition) is 3. The van der Waals surface area contributed by atoms with Gasteiger partial charge in [-0.2, -0.15) is 5.26 Å². The molecule has 20 heavy (non-hydrogen) atoms. The minimum absolute atomic E-state index is 0.0368. The van der Waals surface area contributed by atoms with E-state index in [-0.39, 0.29) is 5.78 Å². The van der Waals surface area contributed by atoms with Crippen LogP contribution in [0.4, 0.5) is 0 Å². The van der Waals surface area contributed by atoms with E-state index in [0.29, 0.717) is 29.0 Å². The monoisotopic (exact) mass is 265 g/mol. The van der Waals surface area contributed by atoms with Gasteiger partial charge < -0.3 is 4.74 Å². The third-order valence-electron chi connectivity index (χ3n) is 3.05. The summed E-state index contributed by atoms with van der Waals surface area (Å²) in [6.45, 7) is 3.72. The van der Waals surface area contributed by atoms with Gasteiger partial charge in [0, 0.05) is 6.42 Å². The van der Waals surface area contributed by atoms with Crippen LogP contribution in [-0.4, -0.2) is 5.78 Å². The van der Waals surface area contributed by atoms with Gasteiger partial charge in [-0.3, -0.25) is 4.79 Å². The van der Waals surface area contributed by atoms with Gasteiger partial charge in [0.15, 0.2) is 5.78 Å². The number of ether oxygens (including phenoxy) is 1. The lowest BCUT2D eigenvalue weighted by Crippen LogP contribution is -2.00. The van der Waals surface area contributed by atoms with Crippen LogP contribution in [-0.2, 0) is 0 Å². The predicted molar refractivity (Wildman–Crippen MR) is 77.0 cm³/mol. The molecule has 2 aromatic carbocycles. The largest absolute Gasteiger partial charge is 0.456 e. The summed E-state index contributed by atoms with van der Waals surface area (Å²) in [6, 6.07) is 14.5. The van der Waals surface area contributed by atoms with E-state index in [1.54, 1.807) is 24.3 Å². The van der Waals surface area contributed by atoms with Crippen molar-refractivity contribution in [2.24, 2.45) is 0 Å². The number of Topliss-reactive ketones (excluding diaryl/α,β-unsaturated/α-hetero) is 1. The van der Waals surface area contributed by atoms with Crippen molar-refractivity contribution >= 4 is 5.78 Å². The number of ketones is 1. The molecular weight excluding hydrogens is 250 g/mol. The standard InChI is InChI=1S/C17H15NO2/c1-3-15(19)14-6-4-5-7-16(14)20-17-10-13(11-18)9-8-12(17)2/h4-10H,3H2,1-2H3. The van der Waals surface area contributed by atoms with Crippen molar-refractivity contribution in [3.8, 4) is 17.6 Å². The number of nitriles is 1. The van der Waals surface area contributed by atoms with Gasteiger partial charge in [-0.15, -0.1) is 0 Å². The number of para-hydroxylation sites is 1. The summed E-state index contributed by atoms with van der Waals surface area (Å²) in [5, 5.41) is 8.94. The Morgan fingerprint density at radius 1 is 1.20 bits per heavy atom. The molecule has 2 aromatic rings. The summed E-state index contributed by atoms with van der Waals surface area (Å²) < 4.78 is 5.83. The van der Waals surface area contributed by atoms with Gasteiger partial charge in [-0.25, -0.2) is 0 Å². The number of nitrogens with zero attached hydrogens (tertiary/aromatic N) is 1. The topological polar surface area (TPSA) is 50.1 Å². The molecule has 0 spiro atoms. The Bertz CT molecular complexity index is 684. The summed E-state index contributed by atoms with van der Waals surface area (Å²) in [5.74, 6) is 1.16. The van der Waals surface area contributed by atoms with Gasteiger partial charge in [-0.05, 0) is 36.8 Å². The second-order valence-electron chi connectivity index (χ2n) is 4.47. The van der Waals surface area contributed by atoms with Crippen molar-refractivity contribution in [3.05, 3.63) is 59.2 Å². The van der Waals surface area contributed by atoms with Crippen LogP contribution in [0.2, 0.25) is 0 Å². The summed E-state index contributed by atoms with van der Waals surface area (Å²) in [7, 11) is 0. The molecule has 0 aliphatic carbocycles. The highest BCUT2D eigenvalue weighted by atomic mass is 16.5. The minimum Gasteiger partial charge on any atom is -0.456 e. The first-order valence-corrected chi connectivity index (χ1v) is 6.46. The van der Waals surface area contributed by atoms with E-state index >= 15 is 0 Å². The Balaban J connectivity index is 2.40. The van der Waals surface area contributed by atoms with Crippen LogP contribution in [0.5, 0.6) is 11.5 Å². The quantitative estimate of drug-likeness (QED) is 0.776. The molecule has 0 saturated heterocycles. The first kappa shape index (κ1) is 13.8. The summed E-state index contributed by atoms with van der Waals surface area (Å²) in [6.07, 6.45) is 0.428. The number of carbonyl (C=O) groups is 1. The highest BCUT2D eigenvalue weighted by molar-refractivity contribution is 5.98. The van der Waals surface area contributed by atoms with Crippen LogP contribution < -0.4 is 4.74 Å². The second-order valence-corrected chi connectivity index (χ2v) is 4.47. The van der Waals surface area contributed by atoms with Crippen LogP contribution in [0.25, 0.3) is 0 Å². The van der Waals surface area contributed by atoms with E-state index in [4.69, 9.17) is 10.00 Å². The van der Waals surface area contributed by atoms with Crippen molar-refractivity contribution in [1.82, 2.24) is 0 Å². The average molecular weight is 265 g/mol. The molecule has 0 fully saturated rings. The number of rotatable bonds is 4. The molecule has 0 atom stereocenters. The summed E-state index contributed by atoms with van der Waals surface area (Å²) in [4.78, 5) is 11.9. The number of benzene rings is 2. The Morgan fingerprint density at radius 2 is 1.95 bits per heavy atom. The van der Waals surface area contributed by atoms with Crippen molar-refractivity contribution < 1.29 is 9.53 Å². The van der Waals surface area contributed by atoms with Crippen molar-refractivity contribution in [2.45, 2.75) is 20.3 Å². The Hall–Kier alpha value is -2.60. The Kier molecular flexibility index (Phi) is 4.17. The molecule has 0 aromatic heterocycles. The molecule has 0 bridgehead atoms. The van der Waals surface area contributed by atoms with E-state index in [1.165, 1.54) is 0 Å². The Morgan fingerprint density at radius 3 is 2.65 bits per heavy atom. The van der Waals surface area contributed by atoms with Gasteiger partial charge in [0.25, 0.3) is 0 Å². The Labute approximate surface area is 118 Å². The summed E-state index contributed by atoms with van der Waals surface area (Å²) in [5.41, 5.74) is 2.02. The van der Waals surface area contributed by atoms with Gasteiger partial charge in [0.2, 0.25) is 0 Å². The van der Waals surface area contributed by atoms with E-state index in [1.807, 2.05) is 32.0 Å². The van der Waals surface area contributed by atoms with E-state index in [2.05, 4.69) is 6.07 Å². The predicted octanol–water partition coefficient (Wildman–Crippen LogP) is 4.25. The molecule has 0 saturated carbocycles. The van der Waals surface area contributed by atoms with Crippen LogP contribution in [0, 0.1) is 18.3 Å². The highest BCUT2D eigenvalue weighted by Crippen LogP contribution is 2.29. The molecule has 0 aliphatic heterocycles. The third-order valence-corrected chi connectivity index (χ3v) is 3.05. The second kappa shape index (κ2) is 6.03. The molecule has 0 N–H and O–H groups in total. The first-order chi connectivity index (χ1) is 9.65.